The van der Waals surface area contributed by atoms with Gasteiger partial charge in [-0.1, -0.05) is 35.3 Å². The smallest absolute Gasteiger partial charge is 0.259 e. The average molecular weight is 323 g/mol. The lowest BCUT2D eigenvalue weighted by molar-refractivity contribution is 0.102. The summed E-state index contributed by atoms with van der Waals surface area (Å²) in [5.41, 5.74) is 1.73. The van der Waals surface area contributed by atoms with E-state index < -0.39 is 0 Å². The Bertz CT molecular complexity index is 704. The van der Waals surface area contributed by atoms with Crippen LogP contribution < -0.4 is 15.4 Å². The molecule has 0 saturated heterocycles. The largest absolute Gasteiger partial charge is 0.489 e. The van der Waals surface area contributed by atoms with E-state index in [2.05, 4.69) is 10.6 Å². The molecule has 2 N–H and O–H groups in total. The fourth-order valence-corrected chi connectivity index (χ4v) is 2.49. The van der Waals surface area contributed by atoms with Gasteiger partial charge in [0.05, 0.1) is 27.0 Å². The van der Waals surface area contributed by atoms with Crippen LogP contribution in [0, 0.1) is 0 Å². The van der Waals surface area contributed by atoms with E-state index in [0.717, 1.165) is 12.2 Å². The van der Waals surface area contributed by atoms with E-state index in [1.165, 1.54) is 0 Å². The lowest BCUT2D eigenvalue weighted by Crippen LogP contribution is -2.22. The van der Waals surface area contributed by atoms with E-state index in [9.17, 15) is 4.79 Å². The molecule has 1 aliphatic rings. The Morgan fingerprint density at radius 1 is 1.19 bits per heavy atom. The number of anilines is 2. The van der Waals surface area contributed by atoms with Gasteiger partial charge < -0.3 is 15.4 Å². The van der Waals surface area contributed by atoms with Gasteiger partial charge in [-0.15, -0.1) is 0 Å². The third-order valence-corrected chi connectivity index (χ3v) is 3.94. The highest BCUT2D eigenvalue weighted by molar-refractivity contribution is 6.44. The minimum absolute atomic E-state index is 0.292. The molecule has 0 aromatic heterocycles. The monoisotopic (exact) mass is 322 g/mol. The van der Waals surface area contributed by atoms with Crippen LogP contribution in [0.5, 0.6) is 5.75 Å². The number of hydrogen-bond donors (Lipinski definition) is 2. The summed E-state index contributed by atoms with van der Waals surface area (Å²) in [6, 6.07) is 10.5. The van der Waals surface area contributed by atoms with Crippen molar-refractivity contribution >= 4 is 40.5 Å². The van der Waals surface area contributed by atoms with Gasteiger partial charge in [-0.3, -0.25) is 4.79 Å². The predicted molar refractivity (Wildman–Crippen MR) is 84.8 cm³/mol. The fraction of sp³-hybridized carbons (Fsp3) is 0.133. The third-order valence-electron chi connectivity index (χ3n) is 3.12. The van der Waals surface area contributed by atoms with Gasteiger partial charge in [-0.2, -0.15) is 0 Å². The van der Waals surface area contributed by atoms with E-state index in [0.29, 0.717) is 33.7 Å². The molecule has 0 bridgehead atoms. The first-order valence-corrected chi connectivity index (χ1v) is 7.17. The van der Waals surface area contributed by atoms with Crippen LogP contribution in [-0.4, -0.2) is 19.1 Å². The molecule has 1 aliphatic heterocycles. The highest BCUT2D eigenvalue weighted by atomic mass is 35.5. The van der Waals surface area contributed by atoms with Crippen LogP contribution in [-0.2, 0) is 0 Å². The molecule has 21 heavy (non-hydrogen) atoms. The van der Waals surface area contributed by atoms with Crippen LogP contribution >= 0.6 is 23.2 Å². The van der Waals surface area contributed by atoms with E-state index in [1.54, 1.807) is 30.3 Å². The van der Waals surface area contributed by atoms with Crippen LogP contribution in [0.3, 0.4) is 0 Å². The third kappa shape index (κ3) is 2.77. The van der Waals surface area contributed by atoms with Crippen molar-refractivity contribution in [3.63, 3.8) is 0 Å². The summed E-state index contributed by atoms with van der Waals surface area (Å²) in [5.74, 6) is 0.263. The number of benzene rings is 2. The molecule has 2 aromatic rings. The van der Waals surface area contributed by atoms with Crippen molar-refractivity contribution in [3.05, 3.63) is 52.0 Å². The van der Waals surface area contributed by atoms with E-state index in [4.69, 9.17) is 27.9 Å². The minimum Gasteiger partial charge on any atom is -0.489 e. The number of amides is 1. The van der Waals surface area contributed by atoms with Gasteiger partial charge >= 0.3 is 0 Å². The first kappa shape index (κ1) is 14.0. The molecule has 1 heterocycles. The molecule has 0 radical (unpaired) electrons. The van der Waals surface area contributed by atoms with Gasteiger partial charge in [0, 0.05) is 6.54 Å². The zero-order valence-electron chi connectivity index (χ0n) is 11.0. The number of carbonyl (C=O) groups is 1. The van der Waals surface area contributed by atoms with Gasteiger partial charge in [-0.25, -0.2) is 0 Å². The van der Waals surface area contributed by atoms with Crippen LogP contribution in [0.15, 0.2) is 36.4 Å². The molecular formula is C15H12Cl2N2O2. The predicted octanol–water partition coefficient (Wildman–Crippen LogP) is 4.05. The highest BCUT2D eigenvalue weighted by Gasteiger charge is 2.19. The fourth-order valence-electron chi connectivity index (χ4n) is 2.14. The number of carbonyl (C=O) groups excluding carboxylic acids is 1. The second kappa shape index (κ2) is 5.84. The standard InChI is InChI=1S/C15H12Cl2N2O2/c16-10-4-2-5-11(13(10)17)19-15(20)9-3-1-6-12-14(9)21-8-7-18-12/h1-6,18H,7-8H2,(H,19,20). The van der Waals surface area contributed by atoms with Crippen molar-refractivity contribution in [3.8, 4) is 5.75 Å². The first-order valence-electron chi connectivity index (χ1n) is 6.42. The summed E-state index contributed by atoms with van der Waals surface area (Å²) in [6.45, 7) is 1.24. The van der Waals surface area contributed by atoms with Crippen LogP contribution in [0.25, 0.3) is 0 Å². The summed E-state index contributed by atoms with van der Waals surface area (Å²) >= 11 is 12.0. The van der Waals surface area contributed by atoms with Crippen molar-refractivity contribution in [1.29, 1.82) is 0 Å². The molecule has 0 aliphatic carbocycles. The molecule has 0 unspecified atom stereocenters. The Hall–Kier alpha value is -1.91. The lowest BCUT2D eigenvalue weighted by atomic mass is 10.1. The Balaban J connectivity index is 1.91. The highest BCUT2D eigenvalue weighted by Crippen LogP contribution is 2.33. The number of nitrogens with one attached hydrogen (secondary N) is 2. The second-order valence-electron chi connectivity index (χ2n) is 4.51. The number of fused-ring (bicyclic) bond motifs is 1. The number of para-hydroxylation sites is 1. The van der Waals surface area contributed by atoms with Gasteiger partial charge in [0.1, 0.15) is 6.61 Å². The maximum Gasteiger partial charge on any atom is 0.259 e. The van der Waals surface area contributed by atoms with E-state index in [1.807, 2.05) is 6.07 Å². The molecule has 108 valence electrons. The van der Waals surface area contributed by atoms with Crippen molar-refractivity contribution in [2.45, 2.75) is 0 Å². The Kier molecular flexibility index (Phi) is 3.90. The summed E-state index contributed by atoms with van der Waals surface area (Å²) in [5, 5.41) is 6.65. The molecule has 0 atom stereocenters. The van der Waals surface area contributed by atoms with Crippen molar-refractivity contribution in [1.82, 2.24) is 0 Å². The molecule has 0 saturated carbocycles. The van der Waals surface area contributed by atoms with E-state index >= 15 is 0 Å². The SMILES string of the molecule is O=C(Nc1cccc(Cl)c1Cl)c1cccc2c1OCCN2. The lowest BCUT2D eigenvalue weighted by Gasteiger charge is -2.21. The molecule has 3 rings (SSSR count). The quantitative estimate of drug-likeness (QED) is 0.876. The Morgan fingerprint density at radius 3 is 2.86 bits per heavy atom. The van der Waals surface area contributed by atoms with Crippen molar-refractivity contribution in [2.75, 3.05) is 23.8 Å². The van der Waals surface area contributed by atoms with Gasteiger partial charge in [0.2, 0.25) is 0 Å². The molecule has 4 nitrogen and oxygen atoms in total. The number of hydrogen-bond acceptors (Lipinski definition) is 3. The summed E-state index contributed by atoms with van der Waals surface area (Å²) < 4.78 is 5.59. The van der Waals surface area contributed by atoms with Crippen LogP contribution in [0.4, 0.5) is 11.4 Å². The van der Waals surface area contributed by atoms with Gasteiger partial charge in [0.25, 0.3) is 5.91 Å². The number of halogens is 2. The molecule has 0 fully saturated rings. The minimum atomic E-state index is -0.292. The number of ether oxygens (including phenoxy) is 1. The Morgan fingerprint density at radius 2 is 2.00 bits per heavy atom. The zero-order valence-corrected chi connectivity index (χ0v) is 12.5. The molecule has 0 spiro atoms. The zero-order chi connectivity index (χ0) is 14.8. The summed E-state index contributed by atoms with van der Waals surface area (Å²) in [7, 11) is 0. The molecule has 2 aromatic carbocycles. The van der Waals surface area contributed by atoms with Crippen molar-refractivity contribution < 1.29 is 9.53 Å². The van der Waals surface area contributed by atoms with Crippen LogP contribution in [0.1, 0.15) is 10.4 Å². The summed E-state index contributed by atoms with van der Waals surface area (Å²) in [4.78, 5) is 12.4. The van der Waals surface area contributed by atoms with Crippen LogP contribution in [0.2, 0.25) is 10.0 Å². The normalized spacial score (nSPS) is 12.9. The average Bonchev–Trinajstić information content (AvgIpc) is 2.51. The van der Waals surface area contributed by atoms with Gasteiger partial charge in [-0.05, 0) is 24.3 Å². The first-order chi connectivity index (χ1) is 10.2. The Labute approximate surface area is 132 Å². The van der Waals surface area contributed by atoms with E-state index in [-0.39, 0.29) is 5.91 Å². The number of rotatable bonds is 2. The molecule has 6 heteroatoms. The topological polar surface area (TPSA) is 50.4 Å². The molecule has 1 amide bonds. The summed E-state index contributed by atoms with van der Waals surface area (Å²) in [6.07, 6.45) is 0. The molecular weight excluding hydrogens is 311 g/mol. The second-order valence-corrected chi connectivity index (χ2v) is 5.30. The maximum atomic E-state index is 12.4. The maximum absolute atomic E-state index is 12.4. The van der Waals surface area contributed by atoms with Crippen molar-refractivity contribution in [2.24, 2.45) is 0 Å². The van der Waals surface area contributed by atoms with Gasteiger partial charge in [0.15, 0.2) is 5.75 Å².